The van der Waals surface area contributed by atoms with Crippen LogP contribution in [-0.4, -0.2) is 11.7 Å². The molecule has 2 aromatic rings. The Labute approximate surface area is 158 Å². The Balaban J connectivity index is 1.99. The predicted octanol–water partition coefficient (Wildman–Crippen LogP) is 6.19. The molecular weight excluding hydrogens is 316 g/mol. The van der Waals surface area contributed by atoms with Crippen molar-refractivity contribution in [1.82, 2.24) is 0 Å². The highest BCUT2D eigenvalue weighted by Gasteiger charge is 2.37. The molecule has 0 fully saturated rings. The highest BCUT2D eigenvalue weighted by molar-refractivity contribution is 5.52. The summed E-state index contributed by atoms with van der Waals surface area (Å²) in [6, 6.07) is 15.8. The zero-order valence-electron chi connectivity index (χ0n) is 16.8. The van der Waals surface area contributed by atoms with Crippen LogP contribution in [0, 0.1) is 0 Å². The molecule has 0 bridgehead atoms. The summed E-state index contributed by atoms with van der Waals surface area (Å²) in [4.78, 5) is 0. The molecule has 0 aliphatic heterocycles. The maximum atomic E-state index is 9.00. The zero-order chi connectivity index (χ0) is 18.9. The van der Waals surface area contributed by atoms with Gasteiger partial charge in [-0.3, -0.25) is 0 Å². The third kappa shape index (κ3) is 3.64. The van der Waals surface area contributed by atoms with Crippen molar-refractivity contribution in [3.63, 3.8) is 0 Å². The smallest absolute Gasteiger partial charge is 0.0615 e. The maximum absolute atomic E-state index is 9.00. The van der Waals surface area contributed by atoms with Gasteiger partial charge in [0.2, 0.25) is 0 Å². The van der Waals surface area contributed by atoms with E-state index in [0.717, 1.165) is 5.56 Å². The second kappa shape index (κ2) is 7.04. The molecule has 0 spiro atoms. The lowest BCUT2D eigenvalue weighted by molar-refractivity contribution is 0.331. The third-order valence-electron chi connectivity index (χ3n) is 6.20. The fraction of sp³-hybridized carbons (Fsp3) is 0.440. The third-order valence-corrected chi connectivity index (χ3v) is 6.20. The number of hydrogen-bond acceptors (Lipinski definition) is 1. The Morgan fingerprint density at radius 2 is 1.58 bits per heavy atom. The lowest BCUT2D eigenvalue weighted by Gasteiger charge is -2.42. The first kappa shape index (κ1) is 18.9. The summed E-state index contributed by atoms with van der Waals surface area (Å²) >= 11 is 0. The molecule has 1 aliphatic carbocycles. The molecule has 1 heteroatoms. The van der Waals surface area contributed by atoms with Crippen LogP contribution in [0.2, 0.25) is 0 Å². The summed E-state index contributed by atoms with van der Waals surface area (Å²) in [5.41, 5.74) is 7.39. The van der Waals surface area contributed by atoms with Crippen LogP contribution >= 0.6 is 0 Å². The molecule has 0 heterocycles. The van der Waals surface area contributed by atoms with Crippen LogP contribution in [0.4, 0.5) is 0 Å². The molecular formula is C25H32O. The first-order chi connectivity index (χ1) is 12.2. The molecule has 1 nitrogen and oxygen atoms in total. The summed E-state index contributed by atoms with van der Waals surface area (Å²) in [5, 5.41) is 9.00. The zero-order valence-corrected chi connectivity index (χ0v) is 16.8. The Hall–Kier alpha value is -1.86. The van der Waals surface area contributed by atoms with E-state index < -0.39 is 0 Å². The van der Waals surface area contributed by atoms with Gasteiger partial charge in [-0.25, -0.2) is 0 Å². The SMILES string of the molecule is CC(c1cccc(/C=C/CO)c1)c1ccc2c(c1)C(C)(C)CCC2(C)C. The number of benzene rings is 2. The highest BCUT2D eigenvalue weighted by atomic mass is 16.2. The monoisotopic (exact) mass is 348 g/mol. The molecule has 3 rings (SSSR count). The van der Waals surface area contributed by atoms with Gasteiger partial charge in [-0.15, -0.1) is 0 Å². The van der Waals surface area contributed by atoms with E-state index in [2.05, 4.69) is 77.1 Å². The molecule has 1 aliphatic rings. The quantitative estimate of drug-likeness (QED) is 0.698. The normalized spacial score (nSPS) is 19.3. The van der Waals surface area contributed by atoms with Crippen LogP contribution < -0.4 is 0 Å². The molecule has 138 valence electrons. The van der Waals surface area contributed by atoms with Gasteiger partial charge in [-0.2, -0.15) is 0 Å². The summed E-state index contributed by atoms with van der Waals surface area (Å²) in [6.45, 7) is 11.9. The van der Waals surface area contributed by atoms with Crippen molar-refractivity contribution in [2.75, 3.05) is 6.61 Å². The minimum absolute atomic E-state index is 0.0788. The molecule has 1 N–H and O–H groups in total. The minimum atomic E-state index is 0.0788. The van der Waals surface area contributed by atoms with Gasteiger partial charge in [0.25, 0.3) is 0 Å². The van der Waals surface area contributed by atoms with Crippen LogP contribution in [0.5, 0.6) is 0 Å². The van der Waals surface area contributed by atoms with Gasteiger partial charge in [0.05, 0.1) is 6.61 Å². The molecule has 1 atom stereocenters. The van der Waals surface area contributed by atoms with Crippen molar-refractivity contribution in [3.05, 3.63) is 76.4 Å². The van der Waals surface area contributed by atoms with Crippen molar-refractivity contribution in [3.8, 4) is 0 Å². The lowest BCUT2D eigenvalue weighted by Crippen LogP contribution is -2.34. The second-order valence-corrected chi connectivity index (χ2v) is 9.05. The maximum Gasteiger partial charge on any atom is 0.0615 e. The van der Waals surface area contributed by atoms with E-state index in [9.17, 15) is 0 Å². The fourth-order valence-electron chi connectivity index (χ4n) is 4.19. The van der Waals surface area contributed by atoms with E-state index in [-0.39, 0.29) is 17.4 Å². The van der Waals surface area contributed by atoms with Gasteiger partial charge < -0.3 is 5.11 Å². The molecule has 0 amide bonds. The van der Waals surface area contributed by atoms with Gasteiger partial charge >= 0.3 is 0 Å². The number of aliphatic hydroxyl groups is 1. The summed E-state index contributed by atoms with van der Waals surface area (Å²) in [7, 11) is 0. The first-order valence-electron chi connectivity index (χ1n) is 9.77. The Morgan fingerprint density at radius 1 is 0.923 bits per heavy atom. The molecule has 2 aromatic carbocycles. The molecule has 0 saturated heterocycles. The van der Waals surface area contributed by atoms with E-state index in [0.29, 0.717) is 5.92 Å². The largest absolute Gasteiger partial charge is 0.392 e. The van der Waals surface area contributed by atoms with Crippen LogP contribution in [0.3, 0.4) is 0 Å². The standard InChI is InChI=1S/C25H32O/c1-18(20-10-6-8-19(16-20)9-7-15-26)21-11-12-22-23(17-21)25(4,5)14-13-24(22,2)3/h6-12,16-18,26H,13-15H2,1-5H3/b9-7+. The molecule has 0 radical (unpaired) electrons. The van der Waals surface area contributed by atoms with Crippen LogP contribution in [-0.2, 0) is 10.8 Å². The fourth-order valence-corrected chi connectivity index (χ4v) is 4.19. The average molecular weight is 349 g/mol. The summed E-state index contributed by atoms with van der Waals surface area (Å²) in [5.74, 6) is 0.351. The van der Waals surface area contributed by atoms with Crippen molar-refractivity contribution < 1.29 is 5.11 Å². The Kier molecular flexibility index (Phi) is 5.12. The minimum Gasteiger partial charge on any atom is -0.392 e. The van der Waals surface area contributed by atoms with Gasteiger partial charge in [0.15, 0.2) is 0 Å². The van der Waals surface area contributed by atoms with E-state index in [1.807, 2.05) is 6.08 Å². The number of aliphatic hydroxyl groups excluding tert-OH is 1. The molecule has 1 unspecified atom stereocenters. The highest BCUT2D eigenvalue weighted by Crippen LogP contribution is 2.46. The predicted molar refractivity (Wildman–Crippen MR) is 112 cm³/mol. The summed E-state index contributed by atoms with van der Waals surface area (Å²) < 4.78 is 0. The molecule has 26 heavy (non-hydrogen) atoms. The number of hydrogen-bond donors (Lipinski definition) is 1. The van der Waals surface area contributed by atoms with E-state index in [1.54, 1.807) is 6.08 Å². The van der Waals surface area contributed by atoms with E-state index in [4.69, 9.17) is 5.11 Å². The van der Waals surface area contributed by atoms with Gasteiger partial charge in [0.1, 0.15) is 0 Å². The molecule has 0 aromatic heterocycles. The van der Waals surface area contributed by atoms with Crippen LogP contribution in [0.1, 0.15) is 81.2 Å². The van der Waals surface area contributed by atoms with Gasteiger partial charge in [0, 0.05) is 5.92 Å². The van der Waals surface area contributed by atoms with Gasteiger partial charge in [-0.05, 0) is 51.5 Å². The summed E-state index contributed by atoms with van der Waals surface area (Å²) in [6.07, 6.45) is 6.26. The van der Waals surface area contributed by atoms with Crippen molar-refractivity contribution in [2.24, 2.45) is 0 Å². The molecule has 0 saturated carbocycles. The number of rotatable bonds is 4. The van der Waals surface area contributed by atoms with Gasteiger partial charge in [-0.1, -0.05) is 89.2 Å². The van der Waals surface area contributed by atoms with Crippen molar-refractivity contribution in [2.45, 2.75) is 64.2 Å². The average Bonchev–Trinajstić information content (AvgIpc) is 2.63. The lowest BCUT2D eigenvalue weighted by atomic mass is 9.62. The van der Waals surface area contributed by atoms with E-state index in [1.165, 1.54) is 35.1 Å². The van der Waals surface area contributed by atoms with Crippen LogP contribution in [0.25, 0.3) is 6.08 Å². The number of fused-ring (bicyclic) bond motifs is 1. The Morgan fingerprint density at radius 3 is 2.27 bits per heavy atom. The first-order valence-corrected chi connectivity index (χ1v) is 9.77. The topological polar surface area (TPSA) is 20.2 Å². The van der Waals surface area contributed by atoms with Crippen LogP contribution in [0.15, 0.2) is 48.5 Å². The second-order valence-electron chi connectivity index (χ2n) is 9.05. The Bertz CT molecular complexity index is 811. The van der Waals surface area contributed by atoms with Crippen molar-refractivity contribution >= 4 is 6.08 Å². The van der Waals surface area contributed by atoms with Crippen molar-refractivity contribution in [1.29, 1.82) is 0 Å². The van der Waals surface area contributed by atoms with E-state index >= 15 is 0 Å².